The summed E-state index contributed by atoms with van der Waals surface area (Å²) in [4.78, 5) is 17.7. The number of rotatable bonds is 10. The van der Waals surface area contributed by atoms with Gasteiger partial charge in [0.25, 0.3) is 0 Å². The Hall–Kier alpha value is -4.25. The van der Waals surface area contributed by atoms with E-state index in [1.54, 1.807) is 0 Å². The van der Waals surface area contributed by atoms with E-state index >= 15 is 0 Å². The molecule has 1 aliphatic heterocycles. The van der Waals surface area contributed by atoms with Crippen LogP contribution in [0.3, 0.4) is 0 Å². The molecule has 1 unspecified atom stereocenters. The maximum atomic E-state index is 12.7. The third-order valence-corrected chi connectivity index (χ3v) is 9.02. The van der Waals surface area contributed by atoms with Crippen LogP contribution in [0.1, 0.15) is 78.8 Å². The SMILES string of the molecule is CC(C)(C)c1cc(CC(=O)Cc2ccc(C3=CC4C(=N3)Cc3cc(OCC5(Cc6ccccc6)CC5)ccc34)cc2)no1. The number of hydrogen-bond donors (Lipinski definition) is 0. The predicted octanol–water partition coefficient (Wildman–Crippen LogP) is 7.86. The Morgan fingerprint density at radius 2 is 1.74 bits per heavy atom. The van der Waals surface area contributed by atoms with E-state index in [0.29, 0.717) is 12.1 Å². The Balaban J connectivity index is 0.954. The lowest BCUT2D eigenvalue weighted by molar-refractivity contribution is -0.117. The molecular formula is C38H38N2O3. The number of Topliss-reactive ketones (excluding diaryl/α,β-unsaturated/α-hetero) is 1. The zero-order valence-corrected chi connectivity index (χ0v) is 25.2. The lowest BCUT2D eigenvalue weighted by Gasteiger charge is -2.17. The van der Waals surface area contributed by atoms with Crippen molar-refractivity contribution in [2.75, 3.05) is 6.61 Å². The van der Waals surface area contributed by atoms with Gasteiger partial charge in [-0.1, -0.05) is 86.6 Å². The first-order valence-electron chi connectivity index (χ1n) is 15.4. The third kappa shape index (κ3) is 5.99. The molecule has 5 heteroatoms. The second-order valence-corrected chi connectivity index (χ2v) is 13.6. The fourth-order valence-electron chi connectivity index (χ4n) is 6.27. The topological polar surface area (TPSA) is 64.7 Å². The second-order valence-electron chi connectivity index (χ2n) is 13.6. The molecule has 1 aromatic heterocycles. The molecule has 4 aromatic rings. The van der Waals surface area contributed by atoms with E-state index in [4.69, 9.17) is 14.3 Å². The van der Waals surface area contributed by atoms with Crippen LogP contribution >= 0.6 is 0 Å². The van der Waals surface area contributed by atoms with Crippen LogP contribution in [-0.4, -0.2) is 23.3 Å². The lowest BCUT2D eigenvalue weighted by atomic mass is 9.93. The van der Waals surface area contributed by atoms with E-state index in [1.165, 1.54) is 35.2 Å². The van der Waals surface area contributed by atoms with Crippen molar-refractivity contribution in [2.24, 2.45) is 10.4 Å². The van der Waals surface area contributed by atoms with Crippen LogP contribution in [0, 0.1) is 5.41 Å². The molecule has 0 bridgehead atoms. The van der Waals surface area contributed by atoms with Gasteiger partial charge in [-0.05, 0) is 65.3 Å². The predicted molar refractivity (Wildman–Crippen MR) is 170 cm³/mol. The lowest BCUT2D eigenvalue weighted by Crippen LogP contribution is -2.16. The molecule has 2 aliphatic carbocycles. The van der Waals surface area contributed by atoms with Crippen molar-refractivity contribution >= 4 is 17.2 Å². The van der Waals surface area contributed by atoms with E-state index in [-0.39, 0.29) is 29.0 Å². The van der Waals surface area contributed by atoms with E-state index in [9.17, 15) is 4.79 Å². The first kappa shape index (κ1) is 27.6. The minimum absolute atomic E-state index is 0.122. The van der Waals surface area contributed by atoms with Gasteiger partial charge < -0.3 is 9.26 Å². The van der Waals surface area contributed by atoms with Crippen LogP contribution in [0.15, 0.2) is 94.5 Å². The monoisotopic (exact) mass is 570 g/mol. The van der Waals surface area contributed by atoms with Crippen molar-refractivity contribution in [2.45, 2.75) is 70.6 Å². The summed E-state index contributed by atoms with van der Waals surface area (Å²) in [5, 5.41) is 4.09. The molecule has 7 rings (SSSR count). The second kappa shape index (κ2) is 10.8. The van der Waals surface area contributed by atoms with Crippen molar-refractivity contribution in [3.05, 3.63) is 124 Å². The summed E-state index contributed by atoms with van der Waals surface area (Å²) in [6, 6.07) is 27.4. The molecule has 218 valence electrons. The zero-order chi connectivity index (χ0) is 29.6. The molecule has 3 aliphatic rings. The molecule has 0 amide bonds. The first-order valence-corrected chi connectivity index (χ1v) is 15.4. The van der Waals surface area contributed by atoms with Gasteiger partial charge in [0, 0.05) is 41.4 Å². The highest BCUT2D eigenvalue weighted by Gasteiger charge is 2.43. The number of fused-ring (bicyclic) bond motifs is 3. The zero-order valence-electron chi connectivity index (χ0n) is 25.2. The minimum Gasteiger partial charge on any atom is -0.493 e. The van der Waals surface area contributed by atoms with Gasteiger partial charge in [0.2, 0.25) is 0 Å². The smallest absolute Gasteiger partial charge is 0.143 e. The standard InChI is InChI=1S/C38H38N2O3/c1-37(2,3)36-21-29(40-43-36)20-30(41)17-25-9-11-27(12-10-25)34-22-33-32-14-13-31(18-28(32)19-35(33)39-34)42-24-38(15-16-38)23-26-7-5-4-6-8-26/h4-14,18,21-22,33H,15-17,19-20,23-24H2,1-3H3. The molecule has 0 N–H and O–H groups in total. The average molecular weight is 571 g/mol. The Kier molecular flexibility index (Phi) is 6.92. The van der Waals surface area contributed by atoms with Crippen LogP contribution in [0.2, 0.25) is 0 Å². The molecule has 2 heterocycles. The highest BCUT2D eigenvalue weighted by Crippen LogP contribution is 2.49. The third-order valence-electron chi connectivity index (χ3n) is 9.02. The van der Waals surface area contributed by atoms with Crippen LogP contribution < -0.4 is 4.74 Å². The van der Waals surface area contributed by atoms with Gasteiger partial charge in [0.1, 0.15) is 17.3 Å². The number of hydrogen-bond acceptors (Lipinski definition) is 5. The first-order chi connectivity index (χ1) is 20.7. The number of ether oxygens (including phenoxy) is 1. The number of aliphatic imine (C=N–C) groups is 1. The molecule has 3 aromatic carbocycles. The van der Waals surface area contributed by atoms with E-state index in [1.807, 2.05) is 18.2 Å². The van der Waals surface area contributed by atoms with Crippen molar-refractivity contribution in [1.29, 1.82) is 0 Å². The molecule has 5 nitrogen and oxygen atoms in total. The van der Waals surface area contributed by atoms with E-state index < -0.39 is 0 Å². The normalized spacial score (nSPS) is 18.1. The molecule has 1 fully saturated rings. The van der Waals surface area contributed by atoms with Gasteiger partial charge in [-0.25, -0.2) is 0 Å². The van der Waals surface area contributed by atoms with Gasteiger partial charge in [0.05, 0.1) is 24.4 Å². The Labute approximate surface area is 253 Å². The number of aromatic nitrogens is 1. The molecule has 43 heavy (non-hydrogen) atoms. The summed E-state index contributed by atoms with van der Waals surface area (Å²) in [5.74, 6) is 2.12. The molecule has 1 saturated carbocycles. The Morgan fingerprint density at radius 3 is 2.47 bits per heavy atom. The van der Waals surface area contributed by atoms with E-state index in [0.717, 1.165) is 47.8 Å². The average Bonchev–Trinajstić information content (AvgIpc) is 3.28. The van der Waals surface area contributed by atoms with Gasteiger partial charge in [0.15, 0.2) is 0 Å². The molecule has 0 spiro atoms. The fourth-order valence-corrected chi connectivity index (χ4v) is 6.27. The summed E-state index contributed by atoms with van der Waals surface area (Å²) in [7, 11) is 0. The summed E-state index contributed by atoms with van der Waals surface area (Å²) in [5.41, 5.74) is 9.19. The summed E-state index contributed by atoms with van der Waals surface area (Å²) in [6.45, 7) is 6.98. The maximum Gasteiger partial charge on any atom is 0.143 e. The summed E-state index contributed by atoms with van der Waals surface area (Å²) < 4.78 is 11.8. The number of allylic oxidation sites excluding steroid dienone is 1. The molecule has 0 saturated heterocycles. The number of carbonyl (C=O) groups excluding carboxylic acids is 1. The van der Waals surface area contributed by atoms with Gasteiger partial charge in [-0.2, -0.15) is 0 Å². The van der Waals surface area contributed by atoms with Crippen molar-refractivity contribution in [3.63, 3.8) is 0 Å². The Bertz CT molecular complexity index is 1720. The van der Waals surface area contributed by atoms with Crippen LogP contribution in [0.25, 0.3) is 5.70 Å². The van der Waals surface area contributed by atoms with Crippen molar-refractivity contribution in [3.8, 4) is 5.75 Å². The van der Waals surface area contributed by atoms with Crippen LogP contribution in [0.4, 0.5) is 0 Å². The van der Waals surface area contributed by atoms with Gasteiger partial charge in [-0.15, -0.1) is 0 Å². The maximum absolute atomic E-state index is 12.7. The largest absolute Gasteiger partial charge is 0.493 e. The number of ketones is 1. The molecular weight excluding hydrogens is 532 g/mol. The highest BCUT2D eigenvalue weighted by atomic mass is 16.5. The van der Waals surface area contributed by atoms with Crippen molar-refractivity contribution < 1.29 is 14.1 Å². The summed E-state index contributed by atoms with van der Waals surface area (Å²) >= 11 is 0. The number of benzene rings is 3. The van der Waals surface area contributed by atoms with Crippen molar-refractivity contribution in [1.82, 2.24) is 5.16 Å². The highest BCUT2D eigenvalue weighted by molar-refractivity contribution is 6.05. The fraction of sp³-hybridized carbons (Fsp3) is 0.342. The van der Waals surface area contributed by atoms with E-state index in [2.05, 4.69) is 92.7 Å². The van der Waals surface area contributed by atoms with Crippen LogP contribution in [-0.2, 0) is 35.9 Å². The quantitative estimate of drug-likeness (QED) is 0.195. The molecule has 1 atom stereocenters. The minimum atomic E-state index is -0.122. The Morgan fingerprint density at radius 1 is 0.953 bits per heavy atom. The summed E-state index contributed by atoms with van der Waals surface area (Å²) in [6.07, 6.45) is 7.34. The van der Waals surface area contributed by atoms with Gasteiger partial charge >= 0.3 is 0 Å². The molecule has 0 radical (unpaired) electrons. The number of nitrogens with zero attached hydrogens (tertiary/aromatic N) is 2. The van der Waals surface area contributed by atoms with Gasteiger partial charge in [-0.3, -0.25) is 9.79 Å². The number of carbonyl (C=O) groups is 1. The van der Waals surface area contributed by atoms with Crippen LogP contribution in [0.5, 0.6) is 5.75 Å².